The summed E-state index contributed by atoms with van der Waals surface area (Å²) in [5.41, 5.74) is 2.10. The molecule has 0 unspecified atom stereocenters. The monoisotopic (exact) mass is 396 g/mol. The summed E-state index contributed by atoms with van der Waals surface area (Å²) in [6, 6.07) is 12.6. The second-order valence-corrected chi connectivity index (χ2v) is 6.21. The van der Waals surface area contributed by atoms with Crippen molar-refractivity contribution in [1.82, 2.24) is 0 Å². The molecule has 1 aliphatic rings. The van der Waals surface area contributed by atoms with Crippen LogP contribution in [-0.4, -0.2) is 38.4 Å². The van der Waals surface area contributed by atoms with Gasteiger partial charge in [-0.05, 0) is 55.8 Å². The van der Waals surface area contributed by atoms with Crippen LogP contribution >= 0.6 is 0 Å². The molecule has 2 aromatic rings. The lowest BCUT2D eigenvalue weighted by molar-refractivity contribution is -0.111. The van der Waals surface area contributed by atoms with Crippen molar-refractivity contribution >= 4 is 29.5 Å². The van der Waals surface area contributed by atoms with E-state index in [2.05, 4.69) is 5.32 Å². The van der Waals surface area contributed by atoms with Crippen molar-refractivity contribution in [1.29, 1.82) is 0 Å². The van der Waals surface area contributed by atoms with Gasteiger partial charge in [0.25, 0.3) is 0 Å². The van der Waals surface area contributed by atoms with Gasteiger partial charge in [-0.2, -0.15) is 0 Å². The number of amides is 2. The number of anilines is 2. The number of nitrogens with zero attached hydrogens (tertiary/aromatic N) is 1. The number of carbonyl (C=O) groups excluding carboxylic acids is 2. The van der Waals surface area contributed by atoms with E-state index in [-0.39, 0.29) is 12.0 Å². The van der Waals surface area contributed by atoms with Gasteiger partial charge in [0, 0.05) is 17.5 Å². The van der Waals surface area contributed by atoms with Gasteiger partial charge in [0.05, 0.1) is 19.8 Å². The molecule has 3 rings (SSSR count). The van der Waals surface area contributed by atoms with Crippen LogP contribution in [0.25, 0.3) is 6.08 Å². The van der Waals surface area contributed by atoms with Gasteiger partial charge < -0.3 is 19.5 Å². The van der Waals surface area contributed by atoms with Gasteiger partial charge in [-0.3, -0.25) is 9.69 Å². The standard InChI is InChI=1S/C22H24N2O5/c1-3-27-19-10-8-16(14-20(19)28-4-2)9-11-21(25)23-17-6-5-7-18(15-17)24-12-13-29-22(24)26/h5-11,14-15H,3-4,12-13H2,1-2H3,(H,23,25)/b11-9+. The third-order valence-corrected chi connectivity index (χ3v) is 4.18. The maximum atomic E-state index is 12.3. The summed E-state index contributed by atoms with van der Waals surface area (Å²) in [7, 11) is 0. The third kappa shape index (κ3) is 5.28. The molecule has 1 aliphatic heterocycles. The Labute approximate surface area is 169 Å². The fraction of sp³-hybridized carbons (Fsp3) is 0.273. The Morgan fingerprint density at radius 3 is 2.66 bits per heavy atom. The van der Waals surface area contributed by atoms with E-state index >= 15 is 0 Å². The van der Waals surface area contributed by atoms with Crippen LogP contribution in [0.1, 0.15) is 19.4 Å². The Hall–Kier alpha value is -3.48. The molecule has 0 spiro atoms. The molecule has 0 atom stereocenters. The van der Waals surface area contributed by atoms with E-state index in [4.69, 9.17) is 14.2 Å². The highest BCUT2D eigenvalue weighted by Gasteiger charge is 2.23. The Morgan fingerprint density at radius 2 is 1.93 bits per heavy atom. The predicted molar refractivity (Wildman–Crippen MR) is 112 cm³/mol. The van der Waals surface area contributed by atoms with E-state index < -0.39 is 0 Å². The number of hydrogen-bond acceptors (Lipinski definition) is 5. The molecule has 7 nitrogen and oxygen atoms in total. The number of carbonyl (C=O) groups is 2. The van der Waals surface area contributed by atoms with Crippen molar-refractivity contribution in [3.8, 4) is 11.5 Å². The smallest absolute Gasteiger partial charge is 0.414 e. The molecule has 7 heteroatoms. The van der Waals surface area contributed by atoms with Crippen LogP contribution in [0.3, 0.4) is 0 Å². The molecule has 1 fully saturated rings. The predicted octanol–water partition coefficient (Wildman–Crippen LogP) is 4.09. The minimum atomic E-state index is -0.381. The highest BCUT2D eigenvalue weighted by atomic mass is 16.6. The Bertz CT molecular complexity index is 910. The van der Waals surface area contributed by atoms with E-state index in [0.29, 0.717) is 49.2 Å². The zero-order valence-corrected chi connectivity index (χ0v) is 16.5. The molecular weight excluding hydrogens is 372 g/mol. The molecule has 0 aliphatic carbocycles. The second kappa shape index (κ2) is 9.64. The van der Waals surface area contributed by atoms with Gasteiger partial charge in [-0.15, -0.1) is 0 Å². The molecule has 1 N–H and O–H groups in total. The molecule has 0 radical (unpaired) electrons. The maximum Gasteiger partial charge on any atom is 0.414 e. The average molecular weight is 396 g/mol. The highest BCUT2D eigenvalue weighted by molar-refractivity contribution is 6.02. The van der Waals surface area contributed by atoms with Crippen LogP contribution in [0.5, 0.6) is 11.5 Å². The number of rotatable bonds is 8. The van der Waals surface area contributed by atoms with Crippen LogP contribution in [0.2, 0.25) is 0 Å². The number of ether oxygens (including phenoxy) is 3. The van der Waals surface area contributed by atoms with Crippen molar-refractivity contribution in [3.63, 3.8) is 0 Å². The number of nitrogens with one attached hydrogen (secondary N) is 1. The van der Waals surface area contributed by atoms with Crippen LogP contribution < -0.4 is 19.7 Å². The minimum Gasteiger partial charge on any atom is -0.490 e. The zero-order valence-electron chi connectivity index (χ0n) is 16.5. The van der Waals surface area contributed by atoms with Crippen molar-refractivity contribution in [3.05, 3.63) is 54.1 Å². The summed E-state index contributed by atoms with van der Waals surface area (Å²) in [5.74, 6) is 1.04. The van der Waals surface area contributed by atoms with Gasteiger partial charge >= 0.3 is 6.09 Å². The summed E-state index contributed by atoms with van der Waals surface area (Å²) in [4.78, 5) is 25.5. The largest absolute Gasteiger partial charge is 0.490 e. The van der Waals surface area contributed by atoms with E-state index in [1.807, 2.05) is 32.0 Å². The molecular formula is C22H24N2O5. The Kier molecular flexibility index (Phi) is 6.73. The molecule has 1 heterocycles. The van der Waals surface area contributed by atoms with Crippen LogP contribution in [0, 0.1) is 0 Å². The number of cyclic esters (lactones) is 1. The first kappa shape index (κ1) is 20.3. The first-order valence-electron chi connectivity index (χ1n) is 9.53. The van der Waals surface area contributed by atoms with Gasteiger partial charge in [-0.1, -0.05) is 12.1 Å². The lowest BCUT2D eigenvalue weighted by Gasteiger charge is -2.13. The Balaban J connectivity index is 1.67. The van der Waals surface area contributed by atoms with Crippen molar-refractivity contribution in [2.24, 2.45) is 0 Å². The molecule has 2 amide bonds. The quantitative estimate of drug-likeness (QED) is 0.680. The van der Waals surface area contributed by atoms with E-state index in [1.54, 1.807) is 30.3 Å². The molecule has 152 valence electrons. The zero-order chi connectivity index (χ0) is 20.6. The lowest BCUT2D eigenvalue weighted by atomic mass is 10.2. The van der Waals surface area contributed by atoms with Crippen molar-refractivity contribution in [2.75, 3.05) is 36.6 Å². The van der Waals surface area contributed by atoms with Gasteiger partial charge in [0.1, 0.15) is 6.61 Å². The molecule has 1 saturated heterocycles. The van der Waals surface area contributed by atoms with Crippen molar-refractivity contribution < 1.29 is 23.8 Å². The van der Waals surface area contributed by atoms with Crippen LogP contribution in [0.15, 0.2) is 48.5 Å². The summed E-state index contributed by atoms with van der Waals surface area (Å²) >= 11 is 0. The first-order valence-corrected chi connectivity index (χ1v) is 9.53. The van der Waals surface area contributed by atoms with E-state index in [9.17, 15) is 9.59 Å². The second-order valence-electron chi connectivity index (χ2n) is 6.21. The van der Waals surface area contributed by atoms with Gasteiger partial charge in [0.2, 0.25) is 5.91 Å². The normalized spacial score (nSPS) is 13.4. The van der Waals surface area contributed by atoms with Gasteiger partial charge in [-0.25, -0.2) is 4.79 Å². The van der Waals surface area contributed by atoms with Crippen LogP contribution in [-0.2, 0) is 9.53 Å². The Morgan fingerprint density at radius 1 is 1.14 bits per heavy atom. The summed E-state index contributed by atoms with van der Waals surface area (Å²) in [6.45, 7) is 5.75. The van der Waals surface area contributed by atoms with Crippen LogP contribution in [0.4, 0.5) is 16.2 Å². The number of hydrogen-bond donors (Lipinski definition) is 1. The first-order chi connectivity index (χ1) is 14.1. The minimum absolute atomic E-state index is 0.280. The summed E-state index contributed by atoms with van der Waals surface area (Å²) < 4.78 is 16.1. The fourth-order valence-corrected chi connectivity index (χ4v) is 2.91. The van der Waals surface area contributed by atoms with Gasteiger partial charge in [0.15, 0.2) is 11.5 Å². The van der Waals surface area contributed by atoms with E-state index in [1.165, 1.54) is 11.0 Å². The van der Waals surface area contributed by atoms with E-state index in [0.717, 1.165) is 5.56 Å². The molecule has 29 heavy (non-hydrogen) atoms. The highest BCUT2D eigenvalue weighted by Crippen LogP contribution is 2.29. The molecule has 0 saturated carbocycles. The molecule has 2 aromatic carbocycles. The molecule has 0 aromatic heterocycles. The summed E-state index contributed by atoms with van der Waals surface area (Å²) in [5, 5.41) is 2.80. The average Bonchev–Trinajstić information content (AvgIpc) is 3.14. The number of benzene rings is 2. The lowest BCUT2D eigenvalue weighted by Crippen LogP contribution is -2.23. The summed E-state index contributed by atoms with van der Waals surface area (Å²) in [6.07, 6.45) is 2.77. The third-order valence-electron chi connectivity index (χ3n) is 4.18. The fourth-order valence-electron chi connectivity index (χ4n) is 2.91. The van der Waals surface area contributed by atoms with Crippen molar-refractivity contribution in [2.45, 2.75) is 13.8 Å². The topological polar surface area (TPSA) is 77.1 Å². The molecule has 0 bridgehead atoms. The maximum absolute atomic E-state index is 12.3. The SMILES string of the molecule is CCOc1ccc(/C=C/C(=O)Nc2cccc(N3CCOC3=O)c2)cc1OCC.